The lowest BCUT2D eigenvalue weighted by molar-refractivity contribution is 0.102. The molecule has 4 N–H and O–H groups in total. The quantitative estimate of drug-likeness (QED) is 0.477. The highest BCUT2D eigenvalue weighted by Crippen LogP contribution is 2.26. The minimum atomic E-state index is -0.392. The molecule has 0 saturated heterocycles. The topological polar surface area (TPSA) is 110 Å². The van der Waals surface area contributed by atoms with Crippen molar-refractivity contribution in [2.75, 3.05) is 11.1 Å². The van der Waals surface area contributed by atoms with E-state index in [0.717, 1.165) is 10.4 Å². The van der Waals surface area contributed by atoms with Crippen LogP contribution in [0.2, 0.25) is 5.15 Å². The number of amides is 1. The molecular formula is C16H11ClN6OS. The number of nitrogens with two attached hydrogens (primary N) is 1. The number of anilines is 2. The highest BCUT2D eigenvalue weighted by molar-refractivity contribution is 7.13. The van der Waals surface area contributed by atoms with Gasteiger partial charge in [0.2, 0.25) is 5.95 Å². The highest BCUT2D eigenvalue weighted by Gasteiger charge is 2.16. The molecule has 0 fully saturated rings. The number of H-pyrrole nitrogens is 1. The van der Waals surface area contributed by atoms with Crippen LogP contribution in [0.3, 0.4) is 0 Å². The Morgan fingerprint density at radius 3 is 2.84 bits per heavy atom. The van der Waals surface area contributed by atoms with Gasteiger partial charge in [-0.25, -0.2) is 9.97 Å². The maximum Gasteiger partial charge on any atom is 0.260 e. The third-order valence-corrected chi connectivity index (χ3v) is 4.52. The number of para-hydroxylation sites is 1. The lowest BCUT2D eigenvalue weighted by Gasteiger charge is -2.05. The van der Waals surface area contributed by atoms with Gasteiger partial charge in [0, 0.05) is 6.07 Å². The predicted molar refractivity (Wildman–Crippen MR) is 98.8 cm³/mol. The second kappa shape index (κ2) is 6.15. The maximum absolute atomic E-state index is 12.6. The summed E-state index contributed by atoms with van der Waals surface area (Å²) in [6, 6.07) is 10.6. The normalized spacial score (nSPS) is 10.9. The van der Waals surface area contributed by atoms with E-state index in [2.05, 4.69) is 25.3 Å². The van der Waals surface area contributed by atoms with Gasteiger partial charge in [0.25, 0.3) is 5.91 Å². The summed E-state index contributed by atoms with van der Waals surface area (Å²) in [5.74, 6) is 0.541. The Balaban J connectivity index is 1.71. The smallest absolute Gasteiger partial charge is 0.260 e. The Labute approximate surface area is 150 Å². The van der Waals surface area contributed by atoms with Gasteiger partial charge in [-0.05, 0) is 23.6 Å². The van der Waals surface area contributed by atoms with Crippen molar-refractivity contribution in [2.24, 2.45) is 0 Å². The van der Waals surface area contributed by atoms with Gasteiger partial charge in [-0.1, -0.05) is 23.7 Å². The molecule has 0 saturated carbocycles. The van der Waals surface area contributed by atoms with Gasteiger partial charge in [0.15, 0.2) is 0 Å². The van der Waals surface area contributed by atoms with E-state index in [1.165, 1.54) is 6.07 Å². The fourth-order valence-corrected chi connectivity index (χ4v) is 3.27. The number of carbonyl (C=O) groups is 1. The van der Waals surface area contributed by atoms with E-state index in [9.17, 15) is 4.79 Å². The molecule has 7 nitrogen and oxygen atoms in total. The Bertz CT molecular complexity index is 1060. The molecule has 25 heavy (non-hydrogen) atoms. The largest absolute Gasteiger partial charge is 0.383 e. The number of nitrogens with one attached hydrogen (secondary N) is 2. The van der Waals surface area contributed by atoms with E-state index >= 15 is 0 Å². The Morgan fingerprint density at radius 1 is 1.20 bits per heavy atom. The van der Waals surface area contributed by atoms with Crippen molar-refractivity contribution >= 4 is 51.6 Å². The number of benzene rings is 1. The second-order valence-electron chi connectivity index (χ2n) is 5.16. The Kier molecular flexibility index (Phi) is 3.83. The molecule has 0 radical (unpaired) electrons. The van der Waals surface area contributed by atoms with Crippen LogP contribution in [0.5, 0.6) is 0 Å². The lowest BCUT2D eigenvalue weighted by atomic mass is 10.2. The number of imidazole rings is 1. The summed E-state index contributed by atoms with van der Waals surface area (Å²) in [6.07, 6.45) is 0. The van der Waals surface area contributed by atoms with Crippen molar-refractivity contribution in [3.8, 4) is 10.7 Å². The van der Waals surface area contributed by atoms with Crippen molar-refractivity contribution in [3.63, 3.8) is 0 Å². The monoisotopic (exact) mass is 370 g/mol. The lowest BCUT2D eigenvalue weighted by Crippen LogP contribution is -2.15. The molecule has 0 atom stereocenters. The van der Waals surface area contributed by atoms with Crippen LogP contribution < -0.4 is 11.1 Å². The van der Waals surface area contributed by atoms with Crippen molar-refractivity contribution in [1.29, 1.82) is 0 Å². The molecule has 3 heterocycles. The molecule has 1 aromatic carbocycles. The molecular weight excluding hydrogens is 360 g/mol. The van der Waals surface area contributed by atoms with Crippen LogP contribution in [0, 0.1) is 0 Å². The molecule has 1 amide bonds. The number of nitrogens with zero attached hydrogens (tertiary/aromatic N) is 3. The number of hydrogen-bond acceptors (Lipinski definition) is 6. The van der Waals surface area contributed by atoms with Crippen LogP contribution in [-0.4, -0.2) is 25.8 Å². The molecule has 0 unspecified atom stereocenters. The van der Waals surface area contributed by atoms with Crippen LogP contribution in [0.15, 0.2) is 41.8 Å². The minimum absolute atomic E-state index is 0.0426. The van der Waals surface area contributed by atoms with Crippen molar-refractivity contribution in [2.45, 2.75) is 0 Å². The number of hydrogen-bond donors (Lipinski definition) is 3. The van der Waals surface area contributed by atoms with E-state index in [1.54, 1.807) is 23.5 Å². The van der Waals surface area contributed by atoms with Gasteiger partial charge in [-0.15, -0.1) is 11.3 Å². The van der Waals surface area contributed by atoms with E-state index < -0.39 is 5.91 Å². The highest BCUT2D eigenvalue weighted by atomic mass is 35.5. The number of aromatic amines is 1. The summed E-state index contributed by atoms with van der Waals surface area (Å²) in [6.45, 7) is 0. The molecule has 0 spiro atoms. The molecule has 4 aromatic rings. The van der Waals surface area contributed by atoms with E-state index in [1.807, 2.05) is 23.6 Å². The Morgan fingerprint density at radius 2 is 2.08 bits per heavy atom. The third-order valence-electron chi connectivity index (χ3n) is 3.45. The molecule has 0 bridgehead atoms. The number of halogens is 1. The first-order valence-corrected chi connectivity index (χ1v) is 8.50. The summed E-state index contributed by atoms with van der Waals surface area (Å²) < 4.78 is 0. The van der Waals surface area contributed by atoms with Gasteiger partial charge in [-0.2, -0.15) is 4.98 Å². The summed E-state index contributed by atoms with van der Waals surface area (Å²) in [5.41, 5.74) is 7.35. The van der Waals surface area contributed by atoms with Crippen molar-refractivity contribution < 1.29 is 4.79 Å². The molecule has 0 aliphatic rings. The molecule has 124 valence electrons. The zero-order valence-electron chi connectivity index (χ0n) is 12.7. The number of thiophene rings is 1. The third kappa shape index (κ3) is 3.04. The maximum atomic E-state index is 12.6. The van der Waals surface area contributed by atoms with Gasteiger partial charge >= 0.3 is 0 Å². The van der Waals surface area contributed by atoms with Gasteiger partial charge in [0.05, 0.1) is 16.0 Å². The average Bonchev–Trinajstić information content (AvgIpc) is 3.22. The standard InChI is InChI=1S/C16H11ClN6OS/c17-11-7-12(18)21-16(20-11)23-15(24)8-3-1-4-9-13(8)22-14(19-9)10-5-2-6-25-10/h1-7H,(H,19,22)(H3,18,20,21,23,24). The SMILES string of the molecule is Nc1cc(Cl)nc(NC(=O)c2cccc3[nH]c(-c4cccs4)nc23)n1. The fourth-order valence-electron chi connectivity index (χ4n) is 2.41. The number of nitrogen functional groups attached to an aromatic ring is 1. The van der Waals surface area contributed by atoms with E-state index in [-0.39, 0.29) is 16.9 Å². The zero-order chi connectivity index (χ0) is 17.4. The summed E-state index contributed by atoms with van der Waals surface area (Å²) in [7, 11) is 0. The van der Waals surface area contributed by atoms with Gasteiger partial charge < -0.3 is 10.7 Å². The van der Waals surface area contributed by atoms with Crippen LogP contribution in [0.1, 0.15) is 10.4 Å². The summed E-state index contributed by atoms with van der Waals surface area (Å²) in [5, 5.41) is 4.72. The molecule has 0 aliphatic carbocycles. The number of aromatic nitrogens is 4. The van der Waals surface area contributed by atoms with Gasteiger partial charge in [0.1, 0.15) is 22.3 Å². The Hall–Kier alpha value is -2.97. The van der Waals surface area contributed by atoms with Crippen molar-refractivity contribution in [1.82, 2.24) is 19.9 Å². The first-order valence-electron chi connectivity index (χ1n) is 7.24. The van der Waals surface area contributed by atoms with E-state index in [4.69, 9.17) is 17.3 Å². The average molecular weight is 371 g/mol. The number of rotatable bonds is 3. The predicted octanol–water partition coefficient (Wildman–Crippen LogP) is 3.57. The summed E-state index contributed by atoms with van der Waals surface area (Å²) >= 11 is 7.40. The first kappa shape index (κ1) is 15.6. The van der Waals surface area contributed by atoms with Crippen LogP contribution in [-0.2, 0) is 0 Å². The summed E-state index contributed by atoms with van der Waals surface area (Å²) in [4.78, 5) is 29.3. The molecule has 3 aromatic heterocycles. The van der Waals surface area contributed by atoms with Crippen LogP contribution in [0.25, 0.3) is 21.7 Å². The fraction of sp³-hybridized carbons (Fsp3) is 0. The van der Waals surface area contributed by atoms with Crippen molar-refractivity contribution in [3.05, 3.63) is 52.5 Å². The zero-order valence-corrected chi connectivity index (χ0v) is 14.2. The first-order chi connectivity index (χ1) is 12.1. The molecule has 4 rings (SSSR count). The minimum Gasteiger partial charge on any atom is -0.383 e. The van der Waals surface area contributed by atoms with Crippen LogP contribution in [0.4, 0.5) is 11.8 Å². The van der Waals surface area contributed by atoms with E-state index in [0.29, 0.717) is 16.9 Å². The molecule has 9 heteroatoms. The van der Waals surface area contributed by atoms with Crippen LogP contribution >= 0.6 is 22.9 Å². The second-order valence-corrected chi connectivity index (χ2v) is 6.49. The molecule has 0 aliphatic heterocycles. The van der Waals surface area contributed by atoms with Gasteiger partial charge in [-0.3, -0.25) is 10.1 Å². The number of carbonyl (C=O) groups excluding carboxylic acids is 1. The number of fused-ring (bicyclic) bond motifs is 1.